The Morgan fingerprint density at radius 3 is 2.40 bits per heavy atom. The van der Waals surface area contributed by atoms with Crippen molar-refractivity contribution < 1.29 is 31.9 Å². The summed E-state index contributed by atoms with van der Waals surface area (Å²) < 4.78 is 59.1. The van der Waals surface area contributed by atoms with Gasteiger partial charge in [0.15, 0.2) is 11.8 Å². The Hall–Kier alpha value is -4.99. The third-order valence-electron chi connectivity index (χ3n) is 6.35. The second kappa shape index (κ2) is 13.3. The Labute approximate surface area is 246 Å². The van der Waals surface area contributed by atoms with Crippen molar-refractivity contribution in [2.45, 2.75) is 25.1 Å². The zero-order chi connectivity index (χ0) is 31.3. The van der Waals surface area contributed by atoms with E-state index in [1.54, 1.807) is 30.3 Å². The number of nitrogens with two attached hydrogens (primary N) is 2. The number of guanidine groups is 1. The van der Waals surface area contributed by atoms with Gasteiger partial charge in [0.25, 0.3) is 6.43 Å². The van der Waals surface area contributed by atoms with Crippen molar-refractivity contribution in [2.24, 2.45) is 16.5 Å². The number of halogens is 5. The molecule has 12 nitrogen and oxygen atoms in total. The van der Waals surface area contributed by atoms with E-state index >= 15 is 0 Å². The smallest absolute Gasteiger partial charge is 0.404 e. The molecule has 0 spiro atoms. The first-order valence-electron chi connectivity index (χ1n) is 12.3. The molecule has 0 fully saturated rings. The molecule has 4 aromatic rings. The van der Waals surface area contributed by atoms with Crippen LogP contribution in [-0.2, 0) is 9.53 Å². The first-order valence-corrected chi connectivity index (χ1v) is 12.7. The van der Waals surface area contributed by atoms with Crippen LogP contribution in [0.2, 0.25) is 5.02 Å². The number of aldehydes is 1. The molecule has 0 aliphatic heterocycles. The SMILES string of the molecule is CN(C(N)=NC(C=O)c1ccc(-c2cnn(C(F)F)c2)cc1)C(COC(N)=O)c1ccc(Cl)c(-n2ncnc2C(F)F)c1. The fourth-order valence-corrected chi connectivity index (χ4v) is 4.32. The average molecular weight is 622 g/mol. The molecule has 0 bridgehead atoms. The van der Waals surface area contributed by atoms with Gasteiger partial charge in [0.05, 0.1) is 22.9 Å². The molecule has 2 aromatic carbocycles. The van der Waals surface area contributed by atoms with Gasteiger partial charge in [-0.3, -0.25) is 0 Å². The van der Waals surface area contributed by atoms with Gasteiger partial charge < -0.3 is 25.9 Å². The minimum atomic E-state index is -2.94. The summed E-state index contributed by atoms with van der Waals surface area (Å²) >= 11 is 6.28. The van der Waals surface area contributed by atoms with Crippen molar-refractivity contribution in [1.29, 1.82) is 0 Å². The van der Waals surface area contributed by atoms with Crippen LogP contribution in [0.15, 0.2) is 66.2 Å². The number of nitrogens with zero attached hydrogens (tertiary/aromatic N) is 7. The maximum Gasteiger partial charge on any atom is 0.404 e. The molecular weight excluding hydrogens is 598 g/mol. The van der Waals surface area contributed by atoms with Crippen LogP contribution in [0.1, 0.15) is 42.0 Å². The molecular formula is C26H24ClF4N9O3. The first kappa shape index (κ1) is 31.0. The zero-order valence-corrected chi connectivity index (χ0v) is 23.0. The molecule has 0 aliphatic rings. The second-order valence-electron chi connectivity index (χ2n) is 8.98. The van der Waals surface area contributed by atoms with Gasteiger partial charge in [-0.1, -0.05) is 41.9 Å². The van der Waals surface area contributed by atoms with Crippen LogP contribution in [0.3, 0.4) is 0 Å². The average Bonchev–Trinajstić information content (AvgIpc) is 3.67. The van der Waals surface area contributed by atoms with Gasteiger partial charge in [0.2, 0.25) is 0 Å². The molecule has 2 unspecified atom stereocenters. The van der Waals surface area contributed by atoms with Crippen LogP contribution >= 0.6 is 11.6 Å². The van der Waals surface area contributed by atoms with Crippen molar-refractivity contribution >= 4 is 29.9 Å². The van der Waals surface area contributed by atoms with E-state index in [-0.39, 0.29) is 23.3 Å². The summed E-state index contributed by atoms with van der Waals surface area (Å²) in [6.07, 6.45) is -0.0312. The van der Waals surface area contributed by atoms with Crippen molar-refractivity contribution in [3.05, 3.63) is 83.2 Å². The van der Waals surface area contributed by atoms with Gasteiger partial charge in [-0.15, -0.1) is 0 Å². The first-order chi connectivity index (χ1) is 20.5. The number of aromatic nitrogens is 5. The van der Waals surface area contributed by atoms with Gasteiger partial charge in [-0.25, -0.2) is 32.9 Å². The lowest BCUT2D eigenvalue weighted by Gasteiger charge is -2.30. The molecule has 1 amide bonds. The molecule has 226 valence electrons. The normalized spacial score (nSPS) is 13.3. The Balaban J connectivity index is 1.63. The summed E-state index contributed by atoms with van der Waals surface area (Å²) in [6, 6.07) is 8.89. The van der Waals surface area contributed by atoms with E-state index in [2.05, 4.69) is 20.2 Å². The second-order valence-corrected chi connectivity index (χ2v) is 9.38. The molecule has 4 rings (SSSR count). The van der Waals surface area contributed by atoms with Gasteiger partial charge >= 0.3 is 12.6 Å². The highest BCUT2D eigenvalue weighted by molar-refractivity contribution is 6.32. The maximum atomic E-state index is 13.5. The number of hydrogen-bond donors (Lipinski definition) is 2. The highest BCUT2D eigenvalue weighted by Gasteiger charge is 2.25. The molecule has 2 atom stereocenters. The predicted molar refractivity (Wildman–Crippen MR) is 147 cm³/mol. The number of likely N-dealkylation sites (N-methyl/N-ethyl adjacent to an activating group) is 1. The lowest BCUT2D eigenvalue weighted by atomic mass is 10.0. The van der Waals surface area contributed by atoms with Crippen molar-refractivity contribution in [2.75, 3.05) is 13.7 Å². The summed E-state index contributed by atoms with van der Waals surface area (Å²) in [5, 5.41) is 7.53. The summed E-state index contributed by atoms with van der Waals surface area (Å²) in [6.45, 7) is -3.12. The quantitative estimate of drug-likeness (QED) is 0.108. The number of benzene rings is 2. The summed E-state index contributed by atoms with van der Waals surface area (Å²) in [5.41, 5.74) is 13.4. The number of alkyl halides is 4. The van der Waals surface area contributed by atoms with Crippen molar-refractivity contribution in [1.82, 2.24) is 29.4 Å². The van der Waals surface area contributed by atoms with Crippen molar-refractivity contribution in [3.63, 3.8) is 0 Å². The third kappa shape index (κ3) is 7.09. The predicted octanol–water partition coefficient (Wildman–Crippen LogP) is 4.44. The van der Waals surface area contributed by atoms with Gasteiger partial charge in [0.1, 0.15) is 25.3 Å². The fraction of sp³-hybridized carbons (Fsp3) is 0.231. The van der Waals surface area contributed by atoms with E-state index in [0.29, 0.717) is 33.2 Å². The third-order valence-corrected chi connectivity index (χ3v) is 6.67. The van der Waals surface area contributed by atoms with Gasteiger partial charge in [-0.2, -0.15) is 19.0 Å². The number of carbonyl (C=O) groups is 2. The van der Waals surface area contributed by atoms with Crippen LogP contribution in [-0.4, -0.2) is 61.4 Å². The molecule has 0 aliphatic carbocycles. The number of primary amides is 1. The number of ether oxygens (including phenoxy) is 1. The lowest BCUT2D eigenvalue weighted by molar-refractivity contribution is -0.108. The molecule has 43 heavy (non-hydrogen) atoms. The van der Waals surface area contributed by atoms with Crippen molar-refractivity contribution in [3.8, 4) is 16.8 Å². The number of carbonyl (C=O) groups excluding carboxylic acids is 2. The highest BCUT2D eigenvalue weighted by Crippen LogP contribution is 2.30. The molecule has 17 heteroatoms. The van der Waals surface area contributed by atoms with Crippen LogP contribution in [0, 0.1) is 0 Å². The van der Waals surface area contributed by atoms with E-state index in [9.17, 15) is 27.2 Å². The number of hydrogen-bond acceptors (Lipinski definition) is 7. The molecule has 0 radical (unpaired) electrons. The van der Waals surface area contributed by atoms with Gasteiger partial charge in [-0.05, 0) is 28.8 Å². The van der Waals surface area contributed by atoms with E-state index in [1.165, 1.54) is 36.5 Å². The topological polar surface area (TPSA) is 160 Å². The van der Waals surface area contributed by atoms with Crippen LogP contribution in [0.25, 0.3) is 16.8 Å². The fourth-order valence-electron chi connectivity index (χ4n) is 4.12. The largest absolute Gasteiger partial charge is 0.447 e. The van der Waals surface area contributed by atoms with Gasteiger partial charge in [0, 0.05) is 18.8 Å². The Kier molecular flexibility index (Phi) is 9.59. The highest BCUT2D eigenvalue weighted by atomic mass is 35.5. The Bertz CT molecular complexity index is 1610. The standard InChI is InChI=1S/C26H24ClF4N9O3/c1-38(25(32)37-19(11-41)15-4-2-14(3-5-15)17-9-35-39(10-17)24(30)31)21(12-43-26(33)42)16-6-7-18(27)20(8-16)40-23(22(28)29)34-13-36-40/h2-11,13,19,21-22,24H,12H2,1H3,(H2,32,37)(H2,33,42). The Morgan fingerprint density at radius 2 is 1.79 bits per heavy atom. The molecule has 2 aromatic heterocycles. The maximum absolute atomic E-state index is 13.5. The number of rotatable bonds is 11. The molecule has 2 heterocycles. The summed E-state index contributed by atoms with van der Waals surface area (Å²) in [4.78, 5) is 32.7. The number of aliphatic imine (C=N–C) groups is 1. The molecule has 4 N–H and O–H groups in total. The minimum absolute atomic E-state index is 0.0740. The van der Waals surface area contributed by atoms with Crippen LogP contribution in [0.5, 0.6) is 0 Å². The van der Waals surface area contributed by atoms with E-state index in [1.807, 2.05) is 0 Å². The minimum Gasteiger partial charge on any atom is -0.447 e. The molecule has 0 saturated carbocycles. The summed E-state index contributed by atoms with van der Waals surface area (Å²) in [5.74, 6) is -0.788. The van der Waals surface area contributed by atoms with Crippen LogP contribution < -0.4 is 11.5 Å². The van der Waals surface area contributed by atoms with Crippen LogP contribution in [0.4, 0.5) is 22.4 Å². The number of amides is 1. The zero-order valence-electron chi connectivity index (χ0n) is 22.3. The van der Waals surface area contributed by atoms with E-state index < -0.39 is 37.0 Å². The monoisotopic (exact) mass is 621 g/mol. The lowest BCUT2D eigenvalue weighted by Crippen LogP contribution is -2.40. The van der Waals surface area contributed by atoms with E-state index in [0.717, 1.165) is 11.0 Å². The Morgan fingerprint density at radius 1 is 1.09 bits per heavy atom. The summed E-state index contributed by atoms with van der Waals surface area (Å²) in [7, 11) is 1.51. The molecule has 0 saturated heterocycles. The van der Waals surface area contributed by atoms with E-state index in [4.69, 9.17) is 27.8 Å².